The van der Waals surface area contributed by atoms with Crippen LogP contribution >= 0.6 is 0 Å². The van der Waals surface area contributed by atoms with Gasteiger partial charge in [-0.25, -0.2) is 4.52 Å². The Balaban J connectivity index is 1.58. The van der Waals surface area contributed by atoms with Crippen molar-refractivity contribution in [1.29, 1.82) is 0 Å². The highest BCUT2D eigenvalue weighted by Crippen LogP contribution is 2.22. The second kappa shape index (κ2) is 7.48. The van der Waals surface area contributed by atoms with Gasteiger partial charge in [-0.05, 0) is 36.8 Å². The SMILES string of the molecule is Cc1c(N(C)Cc2ccccc2)ccc2nc(NC(=O)c3cccnc3)nn12. The molecule has 140 valence electrons. The van der Waals surface area contributed by atoms with Crippen molar-refractivity contribution in [2.24, 2.45) is 0 Å². The number of hydrogen-bond acceptors (Lipinski definition) is 5. The summed E-state index contributed by atoms with van der Waals surface area (Å²) in [5, 5.41) is 7.18. The van der Waals surface area contributed by atoms with Gasteiger partial charge in [0, 0.05) is 26.0 Å². The van der Waals surface area contributed by atoms with Crippen molar-refractivity contribution in [2.45, 2.75) is 13.5 Å². The molecule has 1 aromatic carbocycles. The fourth-order valence-electron chi connectivity index (χ4n) is 3.13. The molecule has 3 heterocycles. The number of carbonyl (C=O) groups excluding carboxylic acids is 1. The molecular weight excluding hydrogens is 352 g/mol. The first kappa shape index (κ1) is 17.7. The van der Waals surface area contributed by atoms with Gasteiger partial charge in [0.25, 0.3) is 5.91 Å². The van der Waals surface area contributed by atoms with Crippen LogP contribution in [-0.2, 0) is 6.54 Å². The van der Waals surface area contributed by atoms with Gasteiger partial charge < -0.3 is 4.90 Å². The van der Waals surface area contributed by atoms with Crippen molar-refractivity contribution in [3.63, 3.8) is 0 Å². The minimum absolute atomic E-state index is 0.264. The van der Waals surface area contributed by atoms with E-state index in [0.29, 0.717) is 11.2 Å². The van der Waals surface area contributed by atoms with E-state index in [4.69, 9.17) is 0 Å². The van der Waals surface area contributed by atoms with E-state index in [1.54, 1.807) is 22.8 Å². The Bertz CT molecular complexity index is 1110. The zero-order valence-corrected chi connectivity index (χ0v) is 15.7. The van der Waals surface area contributed by atoms with Crippen LogP contribution in [0.5, 0.6) is 0 Å². The third-order valence-corrected chi connectivity index (χ3v) is 4.53. The molecule has 3 aromatic heterocycles. The predicted molar refractivity (Wildman–Crippen MR) is 108 cm³/mol. The first-order valence-corrected chi connectivity index (χ1v) is 8.94. The number of hydrogen-bond donors (Lipinski definition) is 1. The van der Waals surface area contributed by atoms with Crippen LogP contribution in [0.15, 0.2) is 67.0 Å². The summed E-state index contributed by atoms with van der Waals surface area (Å²) < 4.78 is 1.75. The molecule has 0 atom stereocenters. The van der Waals surface area contributed by atoms with E-state index in [-0.39, 0.29) is 11.9 Å². The second-order valence-electron chi connectivity index (χ2n) is 6.55. The Labute approximate surface area is 162 Å². The van der Waals surface area contributed by atoms with Crippen LogP contribution in [0.4, 0.5) is 11.6 Å². The average molecular weight is 372 g/mol. The van der Waals surface area contributed by atoms with E-state index < -0.39 is 0 Å². The van der Waals surface area contributed by atoms with Gasteiger partial charge in [0.1, 0.15) is 0 Å². The van der Waals surface area contributed by atoms with Gasteiger partial charge in [0.15, 0.2) is 5.65 Å². The second-order valence-corrected chi connectivity index (χ2v) is 6.55. The third-order valence-electron chi connectivity index (χ3n) is 4.53. The summed E-state index contributed by atoms with van der Waals surface area (Å²) in [5.74, 6) is -0.0251. The molecule has 0 aliphatic carbocycles. The first-order chi connectivity index (χ1) is 13.6. The fourth-order valence-corrected chi connectivity index (χ4v) is 3.13. The highest BCUT2D eigenvalue weighted by molar-refractivity contribution is 6.03. The van der Waals surface area contributed by atoms with Crippen LogP contribution in [0, 0.1) is 6.92 Å². The number of aryl methyl sites for hydroxylation is 1. The Hall–Kier alpha value is -3.74. The van der Waals surface area contributed by atoms with Crippen molar-refractivity contribution >= 4 is 23.2 Å². The van der Waals surface area contributed by atoms with Gasteiger partial charge >= 0.3 is 0 Å². The summed E-state index contributed by atoms with van der Waals surface area (Å²) in [6.45, 7) is 2.78. The molecule has 4 aromatic rings. The smallest absolute Gasteiger partial charge is 0.259 e. The van der Waals surface area contributed by atoms with Gasteiger partial charge in [-0.3, -0.25) is 15.1 Å². The number of fused-ring (bicyclic) bond motifs is 1. The Kier molecular flexibility index (Phi) is 4.72. The quantitative estimate of drug-likeness (QED) is 0.582. The van der Waals surface area contributed by atoms with Gasteiger partial charge in [0.2, 0.25) is 5.95 Å². The lowest BCUT2D eigenvalue weighted by molar-refractivity contribution is 0.102. The van der Waals surface area contributed by atoms with Crippen molar-refractivity contribution < 1.29 is 4.79 Å². The fraction of sp³-hybridized carbons (Fsp3) is 0.143. The maximum Gasteiger partial charge on any atom is 0.259 e. The minimum atomic E-state index is -0.289. The molecule has 1 amide bonds. The van der Waals surface area contributed by atoms with Crippen molar-refractivity contribution in [1.82, 2.24) is 19.6 Å². The first-order valence-electron chi connectivity index (χ1n) is 8.94. The van der Waals surface area contributed by atoms with E-state index in [2.05, 4.69) is 37.4 Å². The summed E-state index contributed by atoms with van der Waals surface area (Å²) in [6, 6.07) is 17.6. The third kappa shape index (κ3) is 3.55. The highest BCUT2D eigenvalue weighted by atomic mass is 16.1. The lowest BCUT2D eigenvalue weighted by Gasteiger charge is -2.21. The number of nitrogens with one attached hydrogen (secondary N) is 1. The molecule has 4 rings (SSSR count). The minimum Gasteiger partial charge on any atom is -0.369 e. The molecule has 0 saturated heterocycles. The van der Waals surface area contributed by atoms with Crippen LogP contribution in [0.25, 0.3) is 5.65 Å². The molecule has 7 nitrogen and oxygen atoms in total. The van der Waals surface area contributed by atoms with E-state index >= 15 is 0 Å². The zero-order chi connectivity index (χ0) is 19.5. The van der Waals surface area contributed by atoms with Crippen LogP contribution in [-0.4, -0.2) is 32.5 Å². The summed E-state index contributed by atoms with van der Waals surface area (Å²) in [7, 11) is 2.04. The number of anilines is 2. The number of aromatic nitrogens is 4. The van der Waals surface area contributed by atoms with Crippen LogP contribution in [0.1, 0.15) is 21.6 Å². The molecular formula is C21H20N6O. The number of nitrogens with zero attached hydrogens (tertiary/aromatic N) is 5. The summed E-state index contributed by atoms with van der Waals surface area (Å²) in [5.41, 5.74) is 4.36. The molecule has 0 aliphatic heterocycles. The lowest BCUT2D eigenvalue weighted by Crippen LogP contribution is -2.18. The topological polar surface area (TPSA) is 75.4 Å². The average Bonchev–Trinajstić information content (AvgIpc) is 3.13. The van der Waals surface area contributed by atoms with Gasteiger partial charge in [0.05, 0.1) is 16.9 Å². The molecule has 0 unspecified atom stereocenters. The van der Waals surface area contributed by atoms with E-state index in [1.165, 1.54) is 11.8 Å². The molecule has 0 bridgehead atoms. The summed E-state index contributed by atoms with van der Waals surface area (Å²) >= 11 is 0. The van der Waals surface area contributed by atoms with Crippen LogP contribution < -0.4 is 10.2 Å². The van der Waals surface area contributed by atoms with Crippen molar-refractivity contribution in [3.8, 4) is 0 Å². The summed E-state index contributed by atoms with van der Waals surface area (Å²) in [4.78, 5) is 22.8. The van der Waals surface area contributed by atoms with E-state index in [1.807, 2.05) is 44.3 Å². The Morgan fingerprint density at radius 2 is 1.93 bits per heavy atom. The molecule has 0 aliphatic rings. The number of amides is 1. The van der Waals surface area contributed by atoms with Gasteiger partial charge in [-0.2, -0.15) is 4.98 Å². The van der Waals surface area contributed by atoms with E-state index in [9.17, 15) is 4.79 Å². The number of rotatable bonds is 5. The Morgan fingerprint density at radius 3 is 2.68 bits per heavy atom. The normalized spacial score (nSPS) is 10.8. The standard InChI is InChI=1S/C21H20N6O/c1-15-18(26(2)14-16-7-4-3-5-8-16)10-11-19-23-21(25-27(15)19)24-20(28)17-9-6-12-22-13-17/h3-13H,14H2,1-2H3,(H,24,25,28). The monoisotopic (exact) mass is 372 g/mol. The van der Waals surface area contributed by atoms with Gasteiger partial charge in [-0.1, -0.05) is 30.3 Å². The molecule has 0 saturated carbocycles. The molecule has 0 radical (unpaired) electrons. The van der Waals surface area contributed by atoms with Crippen LogP contribution in [0.2, 0.25) is 0 Å². The highest BCUT2D eigenvalue weighted by Gasteiger charge is 2.14. The molecule has 0 spiro atoms. The van der Waals surface area contributed by atoms with Gasteiger partial charge in [-0.15, -0.1) is 5.10 Å². The predicted octanol–water partition coefficient (Wildman–Crippen LogP) is 3.32. The number of carbonyl (C=O) groups is 1. The largest absolute Gasteiger partial charge is 0.369 e. The maximum absolute atomic E-state index is 12.3. The van der Waals surface area contributed by atoms with Crippen molar-refractivity contribution in [3.05, 3.63) is 83.8 Å². The maximum atomic E-state index is 12.3. The molecule has 1 N–H and O–H groups in total. The van der Waals surface area contributed by atoms with Crippen molar-refractivity contribution in [2.75, 3.05) is 17.3 Å². The number of benzene rings is 1. The summed E-state index contributed by atoms with van der Waals surface area (Å²) in [6.07, 6.45) is 3.13. The van der Waals surface area contributed by atoms with Crippen LogP contribution in [0.3, 0.4) is 0 Å². The molecule has 0 fully saturated rings. The Morgan fingerprint density at radius 1 is 1.11 bits per heavy atom. The van der Waals surface area contributed by atoms with E-state index in [0.717, 1.165) is 17.9 Å². The molecule has 7 heteroatoms. The lowest BCUT2D eigenvalue weighted by atomic mass is 10.2. The zero-order valence-electron chi connectivity index (χ0n) is 15.7. The number of pyridine rings is 2. The molecule has 28 heavy (non-hydrogen) atoms.